The summed E-state index contributed by atoms with van der Waals surface area (Å²) in [5.74, 6) is -0.0860. The second-order valence-corrected chi connectivity index (χ2v) is 6.77. The lowest BCUT2D eigenvalue weighted by atomic mass is 10.1. The average Bonchev–Trinajstić information content (AvgIpc) is 3.19. The first-order valence-electron chi connectivity index (χ1n) is 9.48. The number of hydrogen-bond acceptors (Lipinski definition) is 7. The molecule has 0 aliphatic heterocycles. The number of amides is 2. The van der Waals surface area contributed by atoms with Gasteiger partial charge in [-0.15, -0.1) is 0 Å². The van der Waals surface area contributed by atoms with Crippen LogP contribution in [0.25, 0.3) is 10.9 Å². The molecule has 4 aromatic rings. The molecule has 0 atom stereocenters. The van der Waals surface area contributed by atoms with Crippen LogP contribution < -0.4 is 15.8 Å². The van der Waals surface area contributed by atoms with E-state index in [1.165, 1.54) is 12.4 Å². The van der Waals surface area contributed by atoms with Crippen molar-refractivity contribution in [1.29, 1.82) is 0 Å². The highest BCUT2D eigenvalue weighted by Crippen LogP contribution is 2.30. The van der Waals surface area contributed by atoms with Gasteiger partial charge in [-0.2, -0.15) is 5.10 Å². The highest BCUT2D eigenvalue weighted by atomic mass is 16.5. The fourth-order valence-corrected chi connectivity index (χ4v) is 2.86. The van der Waals surface area contributed by atoms with Gasteiger partial charge >= 0.3 is 0 Å². The molecule has 3 aromatic heterocycles. The molecule has 2 amide bonds. The molecule has 10 heteroatoms. The number of ether oxygens (including phenoxy) is 1. The van der Waals surface area contributed by atoms with Crippen molar-refractivity contribution in [2.45, 2.75) is 20.4 Å². The molecule has 0 fully saturated rings. The first-order chi connectivity index (χ1) is 14.9. The SMILES string of the molecule is CCn1cc2c(Oc3cnc(C(N)=O)cn3)cc(C(=O)Nc3ccc(C)cn3)cc2n1. The molecule has 156 valence electrons. The molecule has 3 N–H and O–H groups in total. The van der Waals surface area contributed by atoms with Crippen molar-refractivity contribution in [2.75, 3.05) is 5.32 Å². The van der Waals surface area contributed by atoms with Gasteiger partial charge in [0, 0.05) is 24.5 Å². The molecule has 0 bridgehead atoms. The number of anilines is 1. The standard InChI is InChI=1S/C21H19N7O3/c1-3-28-11-14-15(27-28)6-13(21(30)26-18-5-4-12(2)8-24-18)7-17(14)31-19-10-23-16(9-25-19)20(22)29/h4-11H,3H2,1-2H3,(H2,22,29)(H,24,26,30). The lowest BCUT2D eigenvalue weighted by Gasteiger charge is -2.09. The zero-order valence-electron chi connectivity index (χ0n) is 16.9. The zero-order valence-corrected chi connectivity index (χ0v) is 16.9. The number of carbonyl (C=O) groups excluding carboxylic acids is 2. The summed E-state index contributed by atoms with van der Waals surface area (Å²) < 4.78 is 7.60. The van der Waals surface area contributed by atoms with Crippen LogP contribution in [-0.4, -0.2) is 36.5 Å². The van der Waals surface area contributed by atoms with E-state index in [-0.39, 0.29) is 17.5 Å². The maximum absolute atomic E-state index is 12.8. The molecule has 0 spiro atoms. The van der Waals surface area contributed by atoms with Gasteiger partial charge in [-0.25, -0.2) is 15.0 Å². The number of aromatic nitrogens is 5. The average molecular weight is 417 g/mol. The topological polar surface area (TPSA) is 138 Å². The van der Waals surface area contributed by atoms with Crippen LogP contribution in [0.15, 0.2) is 49.1 Å². The fourth-order valence-electron chi connectivity index (χ4n) is 2.86. The van der Waals surface area contributed by atoms with Gasteiger partial charge in [0.05, 0.1) is 23.3 Å². The van der Waals surface area contributed by atoms with Crippen LogP contribution in [0.3, 0.4) is 0 Å². The van der Waals surface area contributed by atoms with Gasteiger partial charge in [0.25, 0.3) is 11.8 Å². The molecular formula is C21H19N7O3. The van der Waals surface area contributed by atoms with Crippen molar-refractivity contribution in [1.82, 2.24) is 24.7 Å². The van der Waals surface area contributed by atoms with Crippen molar-refractivity contribution < 1.29 is 14.3 Å². The zero-order chi connectivity index (χ0) is 22.0. The predicted octanol–water partition coefficient (Wildman–Crippen LogP) is 2.69. The van der Waals surface area contributed by atoms with E-state index in [9.17, 15) is 9.59 Å². The van der Waals surface area contributed by atoms with Crippen LogP contribution in [-0.2, 0) is 6.54 Å². The van der Waals surface area contributed by atoms with Crippen LogP contribution in [0.5, 0.6) is 11.6 Å². The number of benzene rings is 1. The lowest BCUT2D eigenvalue weighted by Crippen LogP contribution is -2.13. The van der Waals surface area contributed by atoms with Gasteiger partial charge in [-0.05, 0) is 37.6 Å². The van der Waals surface area contributed by atoms with Crippen molar-refractivity contribution in [3.05, 3.63) is 65.9 Å². The number of nitrogens with two attached hydrogens (primary N) is 1. The molecule has 1 aromatic carbocycles. The maximum Gasteiger partial charge on any atom is 0.268 e. The normalized spacial score (nSPS) is 10.8. The third-order valence-corrected chi connectivity index (χ3v) is 4.47. The van der Waals surface area contributed by atoms with E-state index in [1.807, 2.05) is 26.1 Å². The Kier molecular flexibility index (Phi) is 5.27. The minimum absolute atomic E-state index is 0.0232. The number of fused-ring (bicyclic) bond motifs is 1. The van der Waals surface area contributed by atoms with Gasteiger partial charge in [-0.1, -0.05) is 6.07 Å². The molecule has 0 unspecified atom stereocenters. The Bertz CT molecular complexity index is 1260. The first-order valence-corrected chi connectivity index (χ1v) is 9.48. The smallest absolute Gasteiger partial charge is 0.268 e. The number of pyridine rings is 1. The summed E-state index contributed by atoms with van der Waals surface area (Å²) in [6, 6.07) is 6.86. The molecule has 0 aliphatic carbocycles. The van der Waals surface area contributed by atoms with E-state index in [0.717, 1.165) is 5.56 Å². The summed E-state index contributed by atoms with van der Waals surface area (Å²) in [6.45, 7) is 4.52. The van der Waals surface area contributed by atoms with Gasteiger partial charge in [0.15, 0.2) is 0 Å². The van der Waals surface area contributed by atoms with E-state index < -0.39 is 5.91 Å². The summed E-state index contributed by atoms with van der Waals surface area (Å²) in [6.07, 6.45) is 6.01. The largest absolute Gasteiger partial charge is 0.437 e. The van der Waals surface area contributed by atoms with Crippen molar-refractivity contribution in [3.63, 3.8) is 0 Å². The van der Waals surface area contributed by atoms with Gasteiger partial charge < -0.3 is 15.8 Å². The highest BCUT2D eigenvalue weighted by Gasteiger charge is 2.16. The first kappa shape index (κ1) is 20.0. The molecule has 0 saturated heterocycles. The second-order valence-electron chi connectivity index (χ2n) is 6.77. The molecule has 10 nitrogen and oxygen atoms in total. The Balaban J connectivity index is 1.69. The summed E-state index contributed by atoms with van der Waals surface area (Å²) >= 11 is 0. The molecule has 31 heavy (non-hydrogen) atoms. The van der Waals surface area contributed by atoms with Crippen LogP contribution in [0.1, 0.15) is 33.3 Å². The third kappa shape index (κ3) is 4.32. The summed E-state index contributed by atoms with van der Waals surface area (Å²) in [5.41, 5.74) is 7.13. The van der Waals surface area contributed by atoms with Crippen LogP contribution in [0.4, 0.5) is 5.82 Å². The number of aryl methyl sites for hydroxylation is 2. The Labute approximate surface area is 177 Å². The quantitative estimate of drug-likeness (QED) is 0.492. The monoisotopic (exact) mass is 417 g/mol. The van der Waals surface area contributed by atoms with Crippen molar-refractivity contribution >= 4 is 28.5 Å². The fraction of sp³-hybridized carbons (Fsp3) is 0.143. The van der Waals surface area contributed by atoms with Crippen molar-refractivity contribution in [3.8, 4) is 11.6 Å². The second kappa shape index (κ2) is 8.19. The molecular weight excluding hydrogens is 398 g/mol. The van der Waals surface area contributed by atoms with Crippen molar-refractivity contribution in [2.24, 2.45) is 5.73 Å². The molecule has 0 saturated carbocycles. The van der Waals surface area contributed by atoms with E-state index in [2.05, 4.69) is 25.4 Å². The number of carbonyl (C=O) groups is 2. The van der Waals surface area contributed by atoms with Crippen LogP contribution >= 0.6 is 0 Å². The minimum Gasteiger partial charge on any atom is -0.437 e. The highest BCUT2D eigenvalue weighted by molar-refractivity contribution is 6.06. The lowest BCUT2D eigenvalue weighted by molar-refractivity contribution is 0.0992. The molecule has 0 radical (unpaired) electrons. The van der Waals surface area contributed by atoms with E-state index in [1.54, 1.807) is 29.1 Å². The Morgan fingerprint density at radius 3 is 2.61 bits per heavy atom. The number of hydrogen-bond donors (Lipinski definition) is 2. The number of rotatable bonds is 6. The summed E-state index contributed by atoms with van der Waals surface area (Å²) in [4.78, 5) is 36.2. The van der Waals surface area contributed by atoms with E-state index in [0.29, 0.717) is 34.6 Å². The van der Waals surface area contributed by atoms with E-state index >= 15 is 0 Å². The minimum atomic E-state index is -0.686. The van der Waals surface area contributed by atoms with Crippen LogP contribution in [0, 0.1) is 6.92 Å². The summed E-state index contributed by atoms with van der Waals surface area (Å²) in [7, 11) is 0. The Morgan fingerprint density at radius 2 is 1.97 bits per heavy atom. The third-order valence-electron chi connectivity index (χ3n) is 4.47. The molecule has 3 heterocycles. The maximum atomic E-state index is 12.8. The van der Waals surface area contributed by atoms with E-state index in [4.69, 9.17) is 10.5 Å². The molecule has 0 aliphatic rings. The van der Waals surface area contributed by atoms with Gasteiger partial charge in [0.2, 0.25) is 5.88 Å². The summed E-state index contributed by atoms with van der Waals surface area (Å²) in [5, 5.41) is 7.94. The van der Waals surface area contributed by atoms with Gasteiger partial charge in [0.1, 0.15) is 17.3 Å². The predicted molar refractivity (Wildman–Crippen MR) is 113 cm³/mol. The number of primary amides is 1. The van der Waals surface area contributed by atoms with Crippen LogP contribution in [0.2, 0.25) is 0 Å². The Morgan fingerprint density at radius 1 is 1.13 bits per heavy atom. The van der Waals surface area contributed by atoms with Gasteiger partial charge in [-0.3, -0.25) is 14.3 Å². The number of nitrogens with one attached hydrogen (secondary N) is 1. The number of nitrogens with zero attached hydrogens (tertiary/aromatic N) is 5. The Hall–Kier alpha value is -4.34. The molecule has 4 rings (SSSR count).